The molecule has 0 fully saturated rings. The summed E-state index contributed by atoms with van der Waals surface area (Å²) in [7, 11) is 1.68. The Morgan fingerprint density at radius 2 is 1.79 bits per heavy atom. The van der Waals surface area contributed by atoms with Crippen LogP contribution in [0.1, 0.15) is 41.9 Å². The van der Waals surface area contributed by atoms with Crippen LogP contribution in [0.5, 0.6) is 5.75 Å². The molecule has 2 nitrogen and oxygen atoms in total. The zero-order valence-electron chi connectivity index (χ0n) is 14.0. The average molecular weight is 318 g/mol. The molecule has 0 saturated heterocycles. The van der Waals surface area contributed by atoms with Crippen LogP contribution in [0.4, 0.5) is 0 Å². The molecule has 0 radical (unpaired) electrons. The summed E-state index contributed by atoms with van der Waals surface area (Å²) in [5, 5.41) is 0. The lowest BCUT2D eigenvalue weighted by molar-refractivity contribution is -0.115. The fourth-order valence-corrected chi connectivity index (χ4v) is 4.28. The molecule has 24 heavy (non-hydrogen) atoms. The molecule has 0 amide bonds. The van der Waals surface area contributed by atoms with Gasteiger partial charge in [0.2, 0.25) is 0 Å². The summed E-state index contributed by atoms with van der Waals surface area (Å²) < 4.78 is 5.27. The topological polar surface area (TPSA) is 26.3 Å². The largest absolute Gasteiger partial charge is 0.497 e. The molecule has 2 atom stereocenters. The van der Waals surface area contributed by atoms with E-state index >= 15 is 0 Å². The normalized spacial score (nSPS) is 22.9. The van der Waals surface area contributed by atoms with Crippen LogP contribution >= 0.6 is 0 Å². The van der Waals surface area contributed by atoms with Crippen molar-refractivity contribution in [3.63, 3.8) is 0 Å². The Morgan fingerprint density at radius 1 is 1.00 bits per heavy atom. The van der Waals surface area contributed by atoms with Crippen molar-refractivity contribution in [1.29, 1.82) is 0 Å². The summed E-state index contributed by atoms with van der Waals surface area (Å²) in [5.41, 5.74) is 5.17. The van der Waals surface area contributed by atoms with Gasteiger partial charge in [0.1, 0.15) is 5.75 Å². The van der Waals surface area contributed by atoms with Gasteiger partial charge in [0.25, 0.3) is 0 Å². The zero-order chi connectivity index (χ0) is 16.5. The number of benzene rings is 2. The van der Waals surface area contributed by atoms with Crippen molar-refractivity contribution in [2.45, 2.75) is 31.6 Å². The summed E-state index contributed by atoms with van der Waals surface area (Å²) in [6, 6.07) is 16.8. The summed E-state index contributed by atoms with van der Waals surface area (Å²) in [4.78, 5) is 12.4. The van der Waals surface area contributed by atoms with Gasteiger partial charge in [-0.15, -0.1) is 0 Å². The van der Waals surface area contributed by atoms with Gasteiger partial charge in [0.15, 0.2) is 5.78 Å². The second-order valence-electron chi connectivity index (χ2n) is 6.81. The van der Waals surface area contributed by atoms with Crippen molar-refractivity contribution < 1.29 is 9.53 Å². The molecule has 2 unspecified atom stereocenters. The van der Waals surface area contributed by atoms with Crippen LogP contribution in [0.3, 0.4) is 0 Å². The maximum Gasteiger partial charge on any atom is 0.156 e. The summed E-state index contributed by atoms with van der Waals surface area (Å²) in [6.07, 6.45) is 5.95. The number of ketones is 1. The van der Waals surface area contributed by atoms with E-state index in [9.17, 15) is 4.79 Å². The van der Waals surface area contributed by atoms with Crippen LogP contribution in [0.2, 0.25) is 0 Å². The third kappa shape index (κ3) is 2.66. The van der Waals surface area contributed by atoms with Crippen LogP contribution in [0.15, 0.2) is 54.6 Å². The van der Waals surface area contributed by atoms with Gasteiger partial charge in [0, 0.05) is 6.42 Å². The van der Waals surface area contributed by atoms with Gasteiger partial charge >= 0.3 is 0 Å². The third-order valence-corrected chi connectivity index (χ3v) is 5.46. The van der Waals surface area contributed by atoms with Crippen molar-refractivity contribution in [2.75, 3.05) is 7.11 Å². The number of carbonyl (C=O) groups excluding carboxylic acids is 1. The number of carbonyl (C=O) groups is 1. The average Bonchev–Trinajstić information content (AvgIpc) is 2.81. The summed E-state index contributed by atoms with van der Waals surface area (Å²) >= 11 is 0. The quantitative estimate of drug-likeness (QED) is 0.796. The van der Waals surface area contributed by atoms with Crippen molar-refractivity contribution in [3.8, 4) is 5.75 Å². The number of hydrogen-bond acceptors (Lipinski definition) is 2. The van der Waals surface area contributed by atoms with E-state index in [0.717, 1.165) is 18.6 Å². The van der Waals surface area contributed by atoms with Crippen LogP contribution in [-0.2, 0) is 11.2 Å². The van der Waals surface area contributed by atoms with E-state index in [0.29, 0.717) is 12.3 Å². The van der Waals surface area contributed by atoms with Gasteiger partial charge in [-0.3, -0.25) is 4.79 Å². The van der Waals surface area contributed by atoms with E-state index in [-0.39, 0.29) is 11.7 Å². The number of ether oxygens (including phenoxy) is 1. The number of fused-ring (bicyclic) bond motifs is 3. The highest BCUT2D eigenvalue weighted by atomic mass is 16.5. The lowest BCUT2D eigenvalue weighted by atomic mass is 9.71. The Bertz CT molecular complexity index is 786. The van der Waals surface area contributed by atoms with Crippen LogP contribution in [0, 0.1) is 5.92 Å². The van der Waals surface area contributed by atoms with Crippen molar-refractivity contribution in [3.05, 3.63) is 71.3 Å². The summed E-state index contributed by atoms with van der Waals surface area (Å²) in [6.45, 7) is 0. The van der Waals surface area contributed by atoms with Gasteiger partial charge in [-0.2, -0.15) is 0 Å². The minimum absolute atomic E-state index is 0.249. The first kappa shape index (κ1) is 15.2. The molecule has 4 rings (SSSR count). The Morgan fingerprint density at radius 3 is 2.58 bits per heavy atom. The molecule has 0 aliphatic heterocycles. The first-order valence-corrected chi connectivity index (χ1v) is 8.73. The molecular formula is C22H22O2. The SMILES string of the molecule is COc1ccc(C2CC(=O)C=C3c4ccccc4CCCC32)cc1. The van der Waals surface area contributed by atoms with Crippen LogP contribution in [-0.4, -0.2) is 12.9 Å². The smallest absolute Gasteiger partial charge is 0.156 e. The predicted molar refractivity (Wildman–Crippen MR) is 96.2 cm³/mol. The van der Waals surface area contributed by atoms with E-state index in [1.54, 1.807) is 7.11 Å². The molecule has 0 bridgehead atoms. The molecule has 2 heteroatoms. The molecule has 122 valence electrons. The highest BCUT2D eigenvalue weighted by Gasteiger charge is 2.34. The van der Waals surface area contributed by atoms with Crippen LogP contribution in [0.25, 0.3) is 5.57 Å². The Labute approximate surface area is 143 Å². The maximum absolute atomic E-state index is 12.4. The first-order chi connectivity index (χ1) is 11.8. The predicted octanol–water partition coefficient (Wildman–Crippen LogP) is 4.79. The Hall–Kier alpha value is -2.35. The fraction of sp³-hybridized carbons (Fsp3) is 0.318. The van der Waals surface area contributed by atoms with Gasteiger partial charge in [-0.1, -0.05) is 36.4 Å². The molecule has 0 spiro atoms. The molecule has 2 aromatic carbocycles. The van der Waals surface area contributed by atoms with E-state index < -0.39 is 0 Å². The number of hydrogen-bond donors (Lipinski definition) is 0. The Balaban J connectivity index is 1.76. The molecule has 0 aromatic heterocycles. The number of aryl methyl sites for hydroxylation is 1. The summed E-state index contributed by atoms with van der Waals surface area (Å²) in [5.74, 6) is 1.82. The molecule has 2 aliphatic carbocycles. The van der Waals surface area contributed by atoms with E-state index in [4.69, 9.17) is 4.74 Å². The number of methoxy groups -OCH3 is 1. The molecular weight excluding hydrogens is 296 g/mol. The molecule has 0 heterocycles. The first-order valence-electron chi connectivity index (χ1n) is 8.73. The maximum atomic E-state index is 12.4. The molecule has 2 aliphatic rings. The highest BCUT2D eigenvalue weighted by molar-refractivity contribution is 6.00. The van der Waals surface area contributed by atoms with Gasteiger partial charge in [-0.25, -0.2) is 0 Å². The molecule has 0 saturated carbocycles. The van der Waals surface area contributed by atoms with Crippen molar-refractivity contribution >= 4 is 11.4 Å². The Kier molecular flexibility index (Phi) is 3.97. The standard InChI is InChI=1S/C22H22O2/c1-24-18-11-9-16(10-12-18)21-13-17(23)14-22-19-7-3-2-5-15(19)6-4-8-20(21)22/h2-3,5,7,9-12,14,20-21H,4,6,8,13H2,1H3. The number of rotatable bonds is 2. The van der Waals surface area contributed by atoms with Gasteiger partial charge in [0.05, 0.1) is 7.11 Å². The second kappa shape index (κ2) is 6.27. The highest BCUT2D eigenvalue weighted by Crippen LogP contribution is 2.46. The van der Waals surface area contributed by atoms with Gasteiger partial charge in [-0.05, 0) is 71.6 Å². The zero-order valence-corrected chi connectivity index (χ0v) is 14.0. The minimum Gasteiger partial charge on any atom is -0.497 e. The van der Waals surface area contributed by atoms with E-state index in [1.165, 1.54) is 28.7 Å². The second-order valence-corrected chi connectivity index (χ2v) is 6.81. The monoisotopic (exact) mass is 318 g/mol. The molecule has 0 N–H and O–H groups in total. The number of allylic oxidation sites excluding steroid dienone is 2. The third-order valence-electron chi connectivity index (χ3n) is 5.46. The van der Waals surface area contributed by atoms with Crippen LogP contribution < -0.4 is 4.74 Å². The van der Waals surface area contributed by atoms with E-state index in [2.05, 4.69) is 36.4 Å². The lowest BCUT2D eigenvalue weighted by Crippen LogP contribution is -2.22. The fourth-order valence-electron chi connectivity index (χ4n) is 4.28. The lowest BCUT2D eigenvalue weighted by Gasteiger charge is -2.32. The van der Waals surface area contributed by atoms with Crippen molar-refractivity contribution in [1.82, 2.24) is 0 Å². The van der Waals surface area contributed by atoms with Crippen molar-refractivity contribution in [2.24, 2.45) is 5.92 Å². The molecule has 2 aromatic rings. The van der Waals surface area contributed by atoms with E-state index in [1.807, 2.05) is 18.2 Å². The minimum atomic E-state index is 0.249. The van der Waals surface area contributed by atoms with Gasteiger partial charge < -0.3 is 4.74 Å².